The number of pyridine rings is 1. The van der Waals surface area contributed by atoms with Gasteiger partial charge in [0.05, 0.1) is 0 Å². The molecular weight excluding hydrogens is 160 g/mol. The molecule has 0 atom stereocenters. The first kappa shape index (κ1) is 9.78. The summed E-state index contributed by atoms with van der Waals surface area (Å²) in [7, 11) is 0. The van der Waals surface area contributed by atoms with E-state index >= 15 is 0 Å². The summed E-state index contributed by atoms with van der Waals surface area (Å²) in [4.78, 5) is 4.20. The molecule has 1 aromatic heterocycles. The Balaban J connectivity index is 2.36. The van der Waals surface area contributed by atoms with E-state index in [0.29, 0.717) is 0 Å². The summed E-state index contributed by atoms with van der Waals surface area (Å²) < 4.78 is 0. The first-order valence-corrected chi connectivity index (χ1v) is 4.60. The number of hydrogen-bond donors (Lipinski definition) is 1. The molecule has 0 unspecified atom stereocenters. The monoisotopic (exact) mass is 176 g/mol. The molecule has 1 rings (SSSR count). The van der Waals surface area contributed by atoms with Crippen LogP contribution in [0.4, 0.5) is 5.82 Å². The average Bonchev–Trinajstić information content (AvgIpc) is 2.13. The van der Waals surface area contributed by atoms with Gasteiger partial charge in [0.15, 0.2) is 0 Å². The van der Waals surface area contributed by atoms with E-state index in [1.807, 2.05) is 19.2 Å². The summed E-state index contributed by atoms with van der Waals surface area (Å²) >= 11 is 0. The highest BCUT2D eigenvalue weighted by Gasteiger charge is 1.90. The van der Waals surface area contributed by atoms with Gasteiger partial charge in [-0.15, -0.1) is 0 Å². The van der Waals surface area contributed by atoms with Gasteiger partial charge in [-0.05, 0) is 38.0 Å². The van der Waals surface area contributed by atoms with Gasteiger partial charge in [0.2, 0.25) is 0 Å². The van der Waals surface area contributed by atoms with Crippen molar-refractivity contribution in [2.45, 2.75) is 20.3 Å². The van der Waals surface area contributed by atoms with Crippen molar-refractivity contribution in [3.8, 4) is 0 Å². The lowest BCUT2D eigenvalue weighted by molar-refractivity contribution is 1.04. The zero-order valence-electron chi connectivity index (χ0n) is 8.25. The molecule has 0 saturated carbocycles. The van der Waals surface area contributed by atoms with Crippen molar-refractivity contribution in [1.82, 2.24) is 4.98 Å². The molecule has 0 amide bonds. The van der Waals surface area contributed by atoms with E-state index in [2.05, 4.69) is 35.4 Å². The third-order valence-electron chi connectivity index (χ3n) is 1.77. The number of hydrogen-bond acceptors (Lipinski definition) is 2. The highest BCUT2D eigenvalue weighted by molar-refractivity contribution is 5.36. The number of nitrogens with one attached hydrogen (secondary N) is 1. The molecule has 0 aromatic carbocycles. The Bertz CT molecular complexity index is 279. The van der Waals surface area contributed by atoms with Crippen LogP contribution in [0.5, 0.6) is 0 Å². The smallest absolute Gasteiger partial charge is 0.126 e. The maximum Gasteiger partial charge on any atom is 0.126 e. The van der Waals surface area contributed by atoms with Crippen molar-refractivity contribution < 1.29 is 0 Å². The summed E-state index contributed by atoms with van der Waals surface area (Å²) in [6.45, 7) is 5.05. The SMILES string of the molecule is C/C=C/CCNc1cc(C)ccn1. The molecule has 0 aliphatic carbocycles. The van der Waals surface area contributed by atoms with Gasteiger partial charge in [-0.1, -0.05) is 12.2 Å². The molecular formula is C11H16N2. The second-order valence-corrected chi connectivity index (χ2v) is 3.00. The van der Waals surface area contributed by atoms with Crippen LogP contribution in [0.2, 0.25) is 0 Å². The van der Waals surface area contributed by atoms with E-state index in [4.69, 9.17) is 0 Å². The fraction of sp³-hybridized carbons (Fsp3) is 0.364. The highest BCUT2D eigenvalue weighted by Crippen LogP contribution is 2.04. The Morgan fingerprint density at radius 1 is 1.54 bits per heavy atom. The van der Waals surface area contributed by atoms with Gasteiger partial charge in [-0.2, -0.15) is 0 Å². The summed E-state index contributed by atoms with van der Waals surface area (Å²) in [6, 6.07) is 4.05. The molecule has 2 heteroatoms. The fourth-order valence-electron chi connectivity index (χ4n) is 1.08. The molecule has 0 fully saturated rings. The number of nitrogens with zero attached hydrogens (tertiary/aromatic N) is 1. The molecule has 1 aromatic rings. The van der Waals surface area contributed by atoms with Gasteiger partial charge in [-0.25, -0.2) is 4.98 Å². The third-order valence-corrected chi connectivity index (χ3v) is 1.77. The van der Waals surface area contributed by atoms with Gasteiger partial charge >= 0.3 is 0 Å². The maximum atomic E-state index is 4.20. The summed E-state index contributed by atoms with van der Waals surface area (Å²) in [5.74, 6) is 0.963. The van der Waals surface area contributed by atoms with Crippen molar-refractivity contribution in [2.75, 3.05) is 11.9 Å². The van der Waals surface area contributed by atoms with Crippen LogP contribution in [0.3, 0.4) is 0 Å². The molecule has 1 N–H and O–H groups in total. The topological polar surface area (TPSA) is 24.9 Å². The number of allylic oxidation sites excluding steroid dienone is 1. The number of aromatic nitrogens is 1. The molecule has 13 heavy (non-hydrogen) atoms. The van der Waals surface area contributed by atoms with E-state index in [1.54, 1.807) is 0 Å². The van der Waals surface area contributed by atoms with E-state index < -0.39 is 0 Å². The summed E-state index contributed by atoms with van der Waals surface area (Å²) in [6.07, 6.45) is 7.08. The minimum Gasteiger partial charge on any atom is -0.370 e. The van der Waals surface area contributed by atoms with Gasteiger partial charge in [0.25, 0.3) is 0 Å². The summed E-state index contributed by atoms with van der Waals surface area (Å²) in [5, 5.41) is 3.26. The first-order chi connectivity index (χ1) is 6.33. The van der Waals surface area contributed by atoms with Crippen LogP contribution in [0, 0.1) is 6.92 Å². The Kier molecular flexibility index (Phi) is 4.03. The van der Waals surface area contributed by atoms with Crippen LogP contribution in [0.15, 0.2) is 30.5 Å². The van der Waals surface area contributed by atoms with E-state index in [-0.39, 0.29) is 0 Å². The fourth-order valence-corrected chi connectivity index (χ4v) is 1.08. The Labute approximate surface area is 79.7 Å². The van der Waals surface area contributed by atoms with Gasteiger partial charge < -0.3 is 5.32 Å². The molecule has 0 saturated heterocycles. The molecule has 0 aliphatic rings. The van der Waals surface area contributed by atoms with Crippen molar-refractivity contribution in [3.05, 3.63) is 36.0 Å². The van der Waals surface area contributed by atoms with E-state index in [0.717, 1.165) is 18.8 Å². The molecule has 0 radical (unpaired) electrons. The first-order valence-electron chi connectivity index (χ1n) is 4.60. The van der Waals surface area contributed by atoms with Crippen molar-refractivity contribution in [2.24, 2.45) is 0 Å². The maximum absolute atomic E-state index is 4.20. The minimum absolute atomic E-state index is 0.945. The molecule has 0 aliphatic heterocycles. The Morgan fingerprint density at radius 2 is 2.38 bits per heavy atom. The van der Waals surface area contributed by atoms with Gasteiger partial charge in [0, 0.05) is 12.7 Å². The predicted octanol–water partition coefficient (Wildman–Crippen LogP) is 2.77. The predicted molar refractivity (Wildman–Crippen MR) is 56.9 cm³/mol. The van der Waals surface area contributed by atoms with E-state index in [9.17, 15) is 0 Å². The van der Waals surface area contributed by atoms with Crippen molar-refractivity contribution in [1.29, 1.82) is 0 Å². The van der Waals surface area contributed by atoms with Crippen LogP contribution in [-0.2, 0) is 0 Å². The van der Waals surface area contributed by atoms with Crippen molar-refractivity contribution in [3.63, 3.8) is 0 Å². The van der Waals surface area contributed by atoms with Crippen molar-refractivity contribution >= 4 is 5.82 Å². The van der Waals surface area contributed by atoms with E-state index in [1.165, 1.54) is 5.56 Å². The van der Waals surface area contributed by atoms with Crippen LogP contribution >= 0.6 is 0 Å². The highest BCUT2D eigenvalue weighted by atomic mass is 15.0. The van der Waals surface area contributed by atoms with Gasteiger partial charge in [0.1, 0.15) is 5.82 Å². The second-order valence-electron chi connectivity index (χ2n) is 3.00. The second kappa shape index (κ2) is 5.36. The average molecular weight is 176 g/mol. The lowest BCUT2D eigenvalue weighted by Gasteiger charge is -2.03. The minimum atomic E-state index is 0.945. The van der Waals surface area contributed by atoms with Crippen LogP contribution in [0.25, 0.3) is 0 Å². The largest absolute Gasteiger partial charge is 0.370 e. The molecule has 0 bridgehead atoms. The number of rotatable bonds is 4. The number of aryl methyl sites for hydroxylation is 1. The quantitative estimate of drug-likeness (QED) is 0.563. The molecule has 1 heterocycles. The third kappa shape index (κ3) is 3.74. The number of anilines is 1. The van der Waals surface area contributed by atoms with Crippen LogP contribution in [0.1, 0.15) is 18.9 Å². The zero-order valence-corrected chi connectivity index (χ0v) is 8.25. The van der Waals surface area contributed by atoms with Gasteiger partial charge in [-0.3, -0.25) is 0 Å². The normalized spacial score (nSPS) is 10.6. The standard InChI is InChI=1S/C11H16N2/c1-3-4-5-7-12-11-9-10(2)6-8-13-11/h3-4,6,8-9H,5,7H2,1-2H3,(H,12,13)/b4-3+. The lowest BCUT2D eigenvalue weighted by atomic mass is 10.3. The lowest BCUT2D eigenvalue weighted by Crippen LogP contribution is -2.01. The molecule has 2 nitrogen and oxygen atoms in total. The summed E-state index contributed by atoms with van der Waals surface area (Å²) in [5.41, 5.74) is 1.24. The van der Waals surface area contributed by atoms with Crippen LogP contribution in [-0.4, -0.2) is 11.5 Å². The molecule has 0 spiro atoms. The van der Waals surface area contributed by atoms with Crippen LogP contribution < -0.4 is 5.32 Å². The zero-order chi connectivity index (χ0) is 9.52. The Morgan fingerprint density at radius 3 is 3.08 bits per heavy atom. The molecule has 70 valence electrons. The Hall–Kier alpha value is -1.31.